The molecule has 0 aliphatic heterocycles. The van der Waals surface area contributed by atoms with E-state index in [1.807, 2.05) is 13.8 Å². The molecule has 0 spiro atoms. The van der Waals surface area contributed by atoms with Crippen LogP contribution in [0.3, 0.4) is 0 Å². The molecule has 0 atom stereocenters. The lowest BCUT2D eigenvalue weighted by Crippen LogP contribution is -2.26. The van der Waals surface area contributed by atoms with Crippen molar-refractivity contribution >= 4 is 11.8 Å². The molecule has 0 aromatic heterocycles. The predicted molar refractivity (Wildman–Crippen MR) is 68.9 cm³/mol. The summed E-state index contributed by atoms with van der Waals surface area (Å²) >= 11 is 0. The first-order valence-corrected chi connectivity index (χ1v) is 5.52. The van der Waals surface area contributed by atoms with Gasteiger partial charge in [-0.25, -0.2) is 4.79 Å². The number of nitrogens with one attached hydrogen (secondary N) is 2. The number of aliphatic hydroxyl groups excluding tert-OH is 1. The number of rotatable bonds is 4. The normalized spacial score (nSPS) is 11.2. The fourth-order valence-electron chi connectivity index (χ4n) is 1.08. The molecule has 5 nitrogen and oxygen atoms in total. The third-order valence-corrected chi connectivity index (χ3v) is 2.10. The van der Waals surface area contributed by atoms with Crippen molar-refractivity contribution in [2.75, 3.05) is 0 Å². The summed E-state index contributed by atoms with van der Waals surface area (Å²) in [7, 11) is 0. The molecule has 5 heteroatoms. The van der Waals surface area contributed by atoms with E-state index in [1.54, 1.807) is 30.3 Å². The highest BCUT2D eigenvalue weighted by Crippen LogP contribution is 2.08. The Morgan fingerprint density at radius 3 is 2.56 bits per heavy atom. The smallest absolute Gasteiger partial charge is 0.419 e. The second kappa shape index (κ2) is 6.44. The van der Waals surface area contributed by atoms with E-state index in [9.17, 15) is 9.90 Å². The molecule has 0 unspecified atom stereocenters. The van der Waals surface area contributed by atoms with Crippen LogP contribution in [0.4, 0.5) is 4.79 Å². The van der Waals surface area contributed by atoms with Crippen LogP contribution in [0.15, 0.2) is 42.3 Å². The first-order chi connectivity index (χ1) is 8.49. The SMILES string of the molecule is CC(C)C(=N)/C=C(\O)NC(=O)Oc1ccccc1. The van der Waals surface area contributed by atoms with Gasteiger partial charge in [-0.05, 0) is 18.1 Å². The summed E-state index contributed by atoms with van der Waals surface area (Å²) in [4.78, 5) is 11.4. The number of ether oxygens (including phenoxy) is 1. The Bertz CT molecular complexity index is 453. The molecule has 3 N–H and O–H groups in total. The fourth-order valence-corrected chi connectivity index (χ4v) is 1.08. The number of carbonyl (C=O) groups excluding carboxylic acids is 1. The monoisotopic (exact) mass is 248 g/mol. The fraction of sp³-hybridized carbons (Fsp3) is 0.231. The Hall–Kier alpha value is -2.30. The second-order valence-corrected chi connectivity index (χ2v) is 3.97. The molecular formula is C13H16N2O3. The van der Waals surface area contributed by atoms with Crippen molar-refractivity contribution in [3.63, 3.8) is 0 Å². The Labute approximate surface area is 106 Å². The first-order valence-electron chi connectivity index (χ1n) is 5.52. The van der Waals surface area contributed by atoms with Crippen molar-refractivity contribution in [2.45, 2.75) is 13.8 Å². The molecule has 1 aromatic rings. The van der Waals surface area contributed by atoms with Crippen LogP contribution in [0.25, 0.3) is 0 Å². The highest BCUT2D eigenvalue weighted by Gasteiger charge is 2.07. The van der Waals surface area contributed by atoms with Crippen molar-refractivity contribution in [3.05, 3.63) is 42.3 Å². The Morgan fingerprint density at radius 2 is 2.00 bits per heavy atom. The van der Waals surface area contributed by atoms with E-state index in [4.69, 9.17) is 10.1 Å². The van der Waals surface area contributed by atoms with Gasteiger partial charge in [-0.3, -0.25) is 5.32 Å². The van der Waals surface area contributed by atoms with Gasteiger partial charge in [-0.1, -0.05) is 32.0 Å². The minimum atomic E-state index is -0.800. The van der Waals surface area contributed by atoms with Gasteiger partial charge in [0.15, 0.2) is 5.88 Å². The predicted octanol–water partition coefficient (Wildman–Crippen LogP) is 2.85. The summed E-state index contributed by atoms with van der Waals surface area (Å²) in [6.45, 7) is 3.63. The van der Waals surface area contributed by atoms with E-state index in [1.165, 1.54) is 6.08 Å². The Kier molecular flexibility index (Phi) is 4.92. The molecule has 0 aliphatic carbocycles. The molecule has 0 aliphatic rings. The van der Waals surface area contributed by atoms with Gasteiger partial charge < -0.3 is 15.3 Å². The lowest BCUT2D eigenvalue weighted by molar-refractivity contribution is 0.196. The molecule has 0 fully saturated rings. The van der Waals surface area contributed by atoms with E-state index in [2.05, 4.69) is 5.32 Å². The maximum atomic E-state index is 11.4. The van der Waals surface area contributed by atoms with Crippen LogP contribution in [-0.4, -0.2) is 16.9 Å². The molecule has 1 aromatic carbocycles. The van der Waals surface area contributed by atoms with Crippen LogP contribution in [0, 0.1) is 11.3 Å². The Balaban J connectivity index is 2.53. The van der Waals surface area contributed by atoms with E-state index in [-0.39, 0.29) is 11.6 Å². The van der Waals surface area contributed by atoms with Gasteiger partial charge in [0.05, 0.1) is 0 Å². The molecule has 0 bridgehead atoms. The average molecular weight is 248 g/mol. The first kappa shape index (κ1) is 13.8. The number of hydrogen-bond donors (Lipinski definition) is 3. The van der Waals surface area contributed by atoms with Crippen molar-refractivity contribution < 1.29 is 14.6 Å². The summed E-state index contributed by atoms with van der Waals surface area (Å²) in [6, 6.07) is 8.50. The zero-order chi connectivity index (χ0) is 13.5. The van der Waals surface area contributed by atoms with Crippen LogP contribution < -0.4 is 10.1 Å². The van der Waals surface area contributed by atoms with Crippen LogP contribution in [0.5, 0.6) is 5.75 Å². The molecule has 1 amide bonds. The number of para-hydroxylation sites is 1. The number of aliphatic hydroxyl groups is 1. The minimum Gasteiger partial charge on any atom is -0.494 e. The summed E-state index contributed by atoms with van der Waals surface area (Å²) in [5.74, 6) is -0.0598. The van der Waals surface area contributed by atoms with Gasteiger partial charge in [0.1, 0.15) is 5.75 Å². The van der Waals surface area contributed by atoms with E-state index in [0.29, 0.717) is 5.75 Å². The number of hydrogen-bond acceptors (Lipinski definition) is 4. The molecule has 0 radical (unpaired) electrons. The van der Waals surface area contributed by atoms with Gasteiger partial charge >= 0.3 is 6.09 Å². The van der Waals surface area contributed by atoms with Gasteiger partial charge in [-0.2, -0.15) is 0 Å². The summed E-state index contributed by atoms with van der Waals surface area (Å²) < 4.78 is 4.91. The zero-order valence-corrected chi connectivity index (χ0v) is 10.3. The van der Waals surface area contributed by atoms with Crippen molar-refractivity contribution in [1.29, 1.82) is 5.41 Å². The second-order valence-electron chi connectivity index (χ2n) is 3.97. The molecule has 0 heterocycles. The third-order valence-electron chi connectivity index (χ3n) is 2.10. The molecule has 1 rings (SSSR count). The molecule has 0 saturated heterocycles. The van der Waals surface area contributed by atoms with Crippen LogP contribution >= 0.6 is 0 Å². The topological polar surface area (TPSA) is 82.4 Å². The molecule has 18 heavy (non-hydrogen) atoms. The van der Waals surface area contributed by atoms with E-state index < -0.39 is 12.0 Å². The highest BCUT2D eigenvalue weighted by molar-refractivity contribution is 5.94. The minimum absolute atomic E-state index is 0.0286. The summed E-state index contributed by atoms with van der Waals surface area (Å²) in [5.41, 5.74) is 0.215. The van der Waals surface area contributed by atoms with Crippen molar-refractivity contribution in [2.24, 2.45) is 5.92 Å². The van der Waals surface area contributed by atoms with E-state index >= 15 is 0 Å². The van der Waals surface area contributed by atoms with Crippen molar-refractivity contribution in [3.8, 4) is 5.75 Å². The highest BCUT2D eigenvalue weighted by atomic mass is 16.6. The largest absolute Gasteiger partial charge is 0.494 e. The number of amides is 1. The average Bonchev–Trinajstić information content (AvgIpc) is 2.29. The third kappa shape index (κ3) is 4.69. The summed E-state index contributed by atoms with van der Waals surface area (Å²) in [6.07, 6.45) is 0.378. The lowest BCUT2D eigenvalue weighted by Gasteiger charge is -2.07. The number of carbonyl (C=O) groups is 1. The summed E-state index contributed by atoms with van der Waals surface area (Å²) in [5, 5.41) is 19.1. The van der Waals surface area contributed by atoms with Crippen LogP contribution in [0.2, 0.25) is 0 Å². The van der Waals surface area contributed by atoms with Gasteiger partial charge in [-0.15, -0.1) is 0 Å². The molecule has 96 valence electrons. The number of allylic oxidation sites excluding steroid dienone is 1. The van der Waals surface area contributed by atoms with Gasteiger partial charge in [0.25, 0.3) is 0 Å². The molecule has 0 saturated carbocycles. The number of benzene rings is 1. The zero-order valence-electron chi connectivity index (χ0n) is 10.3. The van der Waals surface area contributed by atoms with Gasteiger partial charge in [0.2, 0.25) is 0 Å². The maximum absolute atomic E-state index is 11.4. The van der Waals surface area contributed by atoms with Crippen LogP contribution in [-0.2, 0) is 0 Å². The standard InChI is InChI=1S/C13H16N2O3/c1-9(2)11(14)8-12(16)15-13(17)18-10-6-4-3-5-7-10/h3-9,14,16H,1-2H3,(H,15,17)/b12-8-,14-11?. The van der Waals surface area contributed by atoms with Crippen LogP contribution in [0.1, 0.15) is 13.8 Å². The van der Waals surface area contributed by atoms with E-state index in [0.717, 1.165) is 0 Å². The Morgan fingerprint density at radius 1 is 1.39 bits per heavy atom. The van der Waals surface area contributed by atoms with Gasteiger partial charge in [0, 0.05) is 11.8 Å². The quantitative estimate of drug-likeness (QED) is 0.566. The van der Waals surface area contributed by atoms with Crippen molar-refractivity contribution in [1.82, 2.24) is 5.32 Å². The lowest BCUT2D eigenvalue weighted by atomic mass is 10.1. The maximum Gasteiger partial charge on any atom is 0.419 e. The molecular weight excluding hydrogens is 232 g/mol.